The lowest BCUT2D eigenvalue weighted by Gasteiger charge is -2.23. The third kappa shape index (κ3) is 4.25. The van der Waals surface area contributed by atoms with Crippen LogP contribution in [0.2, 0.25) is 0 Å². The van der Waals surface area contributed by atoms with Crippen LogP contribution in [-0.4, -0.2) is 19.7 Å². The van der Waals surface area contributed by atoms with Crippen molar-refractivity contribution in [2.24, 2.45) is 0 Å². The highest BCUT2D eigenvalue weighted by Gasteiger charge is 2.04. The number of hydrogen-bond acceptors (Lipinski definition) is 3. The minimum absolute atomic E-state index is 0.619. The molecule has 0 radical (unpaired) electrons. The number of aryl methyl sites for hydroxylation is 1. The van der Waals surface area contributed by atoms with Crippen LogP contribution in [0.4, 0.5) is 5.69 Å². The fraction of sp³-hybridized carbons (Fsp3) is 0.278. The Morgan fingerprint density at radius 3 is 2.29 bits per heavy atom. The zero-order valence-corrected chi connectivity index (χ0v) is 12.5. The van der Waals surface area contributed by atoms with E-state index >= 15 is 0 Å². The van der Waals surface area contributed by atoms with Gasteiger partial charge in [-0.15, -0.1) is 0 Å². The monoisotopic (exact) mass is 280 g/mol. The summed E-state index contributed by atoms with van der Waals surface area (Å²) in [5.41, 5.74) is 3.13. The molecular weight excluding hydrogens is 260 g/mol. The molecule has 2 aromatic carbocycles. The van der Waals surface area contributed by atoms with Gasteiger partial charge in [0.05, 0.1) is 18.2 Å². The molecule has 3 nitrogen and oxygen atoms in total. The summed E-state index contributed by atoms with van der Waals surface area (Å²) in [5, 5.41) is 8.76. The predicted octanol–water partition coefficient (Wildman–Crippen LogP) is 3.77. The lowest BCUT2D eigenvalue weighted by molar-refractivity contribution is 0.324. The lowest BCUT2D eigenvalue weighted by Crippen LogP contribution is -2.27. The number of rotatable bonds is 6. The number of nitriles is 1. The Labute approximate surface area is 126 Å². The van der Waals surface area contributed by atoms with Crippen molar-refractivity contribution in [2.75, 3.05) is 24.6 Å². The Hall–Kier alpha value is -2.47. The minimum atomic E-state index is 0.619. The summed E-state index contributed by atoms with van der Waals surface area (Å²) < 4.78 is 5.73. The van der Waals surface area contributed by atoms with E-state index in [0.29, 0.717) is 12.2 Å². The SMILES string of the molecule is CCN(CCOc1ccc(C#N)cc1)c1ccc(C)cc1. The summed E-state index contributed by atoms with van der Waals surface area (Å²) in [5.74, 6) is 0.800. The largest absolute Gasteiger partial charge is 0.492 e. The highest BCUT2D eigenvalue weighted by Crippen LogP contribution is 2.15. The van der Waals surface area contributed by atoms with E-state index in [4.69, 9.17) is 10.00 Å². The summed E-state index contributed by atoms with van der Waals surface area (Å²) >= 11 is 0. The molecule has 0 unspecified atom stereocenters. The average molecular weight is 280 g/mol. The van der Waals surface area contributed by atoms with E-state index in [0.717, 1.165) is 18.8 Å². The molecule has 0 aliphatic heterocycles. The summed E-state index contributed by atoms with van der Waals surface area (Å²) in [6, 6.07) is 17.8. The zero-order valence-electron chi connectivity index (χ0n) is 12.5. The third-order valence-electron chi connectivity index (χ3n) is 3.39. The second-order valence-electron chi connectivity index (χ2n) is 4.90. The van der Waals surface area contributed by atoms with Crippen LogP contribution in [-0.2, 0) is 0 Å². The van der Waals surface area contributed by atoms with Crippen molar-refractivity contribution in [2.45, 2.75) is 13.8 Å². The number of nitrogens with zero attached hydrogens (tertiary/aromatic N) is 2. The van der Waals surface area contributed by atoms with Gasteiger partial charge in [0.1, 0.15) is 12.4 Å². The summed E-state index contributed by atoms with van der Waals surface area (Å²) in [4.78, 5) is 2.28. The van der Waals surface area contributed by atoms with E-state index in [1.165, 1.54) is 11.3 Å². The van der Waals surface area contributed by atoms with Crippen molar-refractivity contribution in [1.29, 1.82) is 5.26 Å². The van der Waals surface area contributed by atoms with Crippen LogP contribution in [0.3, 0.4) is 0 Å². The van der Waals surface area contributed by atoms with Gasteiger partial charge in [0.15, 0.2) is 0 Å². The summed E-state index contributed by atoms with van der Waals surface area (Å²) in [7, 11) is 0. The van der Waals surface area contributed by atoms with Gasteiger partial charge in [0, 0.05) is 12.2 Å². The predicted molar refractivity (Wildman–Crippen MR) is 85.7 cm³/mol. The van der Waals surface area contributed by atoms with Crippen molar-refractivity contribution < 1.29 is 4.74 Å². The quantitative estimate of drug-likeness (QED) is 0.808. The van der Waals surface area contributed by atoms with Crippen LogP contribution < -0.4 is 9.64 Å². The first-order valence-corrected chi connectivity index (χ1v) is 7.17. The molecule has 0 saturated carbocycles. The van der Waals surface area contributed by atoms with Crippen LogP contribution in [0.5, 0.6) is 5.75 Å². The van der Waals surface area contributed by atoms with Gasteiger partial charge in [-0.2, -0.15) is 5.26 Å². The number of ether oxygens (including phenoxy) is 1. The van der Waals surface area contributed by atoms with E-state index in [1.54, 1.807) is 12.1 Å². The Balaban J connectivity index is 1.88. The first kappa shape index (κ1) is 14.9. The molecule has 0 bridgehead atoms. The molecular formula is C18H20N2O. The molecule has 0 amide bonds. The molecule has 21 heavy (non-hydrogen) atoms. The van der Waals surface area contributed by atoms with Crippen LogP contribution in [0.15, 0.2) is 48.5 Å². The summed E-state index contributed by atoms with van der Waals surface area (Å²) in [6.07, 6.45) is 0. The molecule has 0 aliphatic rings. The Bertz CT molecular complexity index is 597. The van der Waals surface area contributed by atoms with Crippen molar-refractivity contribution in [1.82, 2.24) is 0 Å². The van der Waals surface area contributed by atoms with Gasteiger partial charge in [0.2, 0.25) is 0 Å². The molecule has 108 valence electrons. The molecule has 2 rings (SSSR count). The van der Waals surface area contributed by atoms with Crippen LogP contribution in [0.1, 0.15) is 18.1 Å². The molecule has 0 fully saturated rings. The van der Waals surface area contributed by atoms with E-state index < -0.39 is 0 Å². The fourth-order valence-electron chi connectivity index (χ4n) is 2.12. The normalized spacial score (nSPS) is 9.95. The van der Waals surface area contributed by atoms with Crippen LogP contribution in [0.25, 0.3) is 0 Å². The van der Waals surface area contributed by atoms with E-state index in [9.17, 15) is 0 Å². The van der Waals surface area contributed by atoms with Gasteiger partial charge >= 0.3 is 0 Å². The number of likely N-dealkylation sites (N-methyl/N-ethyl adjacent to an activating group) is 1. The first-order valence-electron chi connectivity index (χ1n) is 7.17. The highest BCUT2D eigenvalue weighted by molar-refractivity contribution is 5.47. The second kappa shape index (κ2) is 7.35. The van der Waals surface area contributed by atoms with E-state index in [2.05, 4.69) is 49.1 Å². The number of anilines is 1. The Kier molecular flexibility index (Phi) is 5.22. The number of benzene rings is 2. The maximum atomic E-state index is 8.76. The molecule has 0 saturated heterocycles. The lowest BCUT2D eigenvalue weighted by atomic mass is 10.2. The van der Waals surface area contributed by atoms with Crippen LogP contribution in [0, 0.1) is 18.3 Å². The molecule has 0 aliphatic carbocycles. The Morgan fingerprint density at radius 1 is 1.05 bits per heavy atom. The standard InChI is InChI=1S/C18H20N2O/c1-3-20(17-8-4-15(2)5-9-17)12-13-21-18-10-6-16(14-19)7-11-18/h4-11H,3,12-13H2,1-2H3. The first-order chi connectivity index (χ1) is 10.2. The van der Waals surface area contributed by atoms with Crippen molar-refractivity contribution >= 4 is 5.69 Å². The highest BCUT2D eigenvalue weighted by atomic mass is 16.5. The molecule has 0 N–H and O–H groups in total. The van der Waals surface area contributed by atoms with Gasteiger partial charge in [0.25, 0.3) is 0 Å². The smallest absolute Gasteiger partial charge is 0.119 e. The average Bonchev–Trinajstić information content (AvgIpc) is 2.53. The van der Waals surface area contributed by atoms with E-state index in [1.807, 2.05) is 12.1 Å². The molecule has 2 aromatic rings. The molecule has 0 spiro atoms. The van der Waals surface area contributed by atoms with Crippen molar-refractivity contribution in [3.63, 3.8) is 0 Å². The van der Waals surface area contributed by atoms with Gasteiger partial charge in [-0.05, 0) is 50.2 Å². The fourth-order valence-corrected chi connectivity index (χ4v) is 2.12. The Morgan fingerprint density at radius 2 is 1.71 bits per heavy atom. The van der Waals surface area contributed by atoms with Gasteiger partial charge in [-0.1, -0.05) is 17.7 Å². The second-order valence-corrected chi connectivity index (χ2v) is 4.90. The molecule has 0 heterocycles. The third-order valence-corrected chi connectivity index (χ3v) is 3.39. The van der Waals surface area contributed by atoms with Crippen molar-refractivity contribution in [3.8, 4) is 11.8 Å². The zero-order chi connectivity index (χ0) is 15.1. The molecule has 0 atom stereocenters. The molecule has 0 aromatic heterocycles. The maximum absolute atomic E-state index is 8.76. The minimum Gasteiger partial charge on any atom is -0.492 e. The van der Waals surface area contributed by atoms with Gasteiger partial charge in [-0.25, -0.2) is 0 Å². The molecule has 3 heteroatoms. The van der Waals surface area contributed by atoms with Crippen LogP contribution >= 0.6 is 0 Å². The van der Waals surface area contributed by atoms with E-state index in [-0.39, 0.29) is 0 Å². The van der Waals surface area contributed by atoms with Crippen molar-refractivity contribution in [3.05, 3.63) is 59.7 Å². The van der Waals surface area contributed by atoms with Gasteiger partial charge < -0.3 is 9.64 Å². The number of hydrogen-bond donors (Lipinski definition) is 0. The summed E-state index contributed by atoms with van der Waals surface area (Å²) in [6.45, 7) is 6.63. The maximum Gasteiger partial charge on any atom is 0.119 e. The topological polar surface area (TPSA) is 36.3 Å². The van der Waals surface area contributed by atoms with Gasteiger partial charge in [-0.3, -0.25) is 0 Å².